The number of alkyl carbamates (subject to hydrolysis) is 4. The van der Waals surface area contributed by atoms with Crippen molar-refractivity contribution in [2.45, 2.75) is 171 Å². The number of rotatable bonds is 28. The van der Waals surface area contributed by atoms with Crippen LogP contribution in [-0.2, 0) is 45.4 Å². The average Bonchev–Trinajstić information content (AvgIpc) is 0.785. The van der Waals surface area contributed by atoms with Crippen molar-refractivity contribution < 1.29 is 76.3 Å². The van der Waals surface area contributed by atoms with Gasteiger partial charge in [-0.2, -0.15) is 0 Å². The number of carbonyl (C=O) groups is 8. The first-order valence-electron chi connectivity index (χ1n) is 36.4. The second kappa shape index (κ2) is 40.0. The van der Waals surface area contributed by atoms with Gasteiger partial charge in [0.05, 0.1) is 39.2 Å². The zero-order chi connectivity index (χ0) is 80.6. The molecule has 0 aliphatic carbocycles. The highest BCUT2D eigenvalue weighted by Crippen LogP contribution is 2.54. The molecule has 0 radical (unpaired) electrons. The number of ether oxygens (including phenoxy) is 8. The highest BCUT2D eigenvalue weighted by Gasteiger charge is 2.26. The molecule has 0 unspecified atom stereocenters. The van der Waals surface area contributed by atoms with Crippen LogP contribution in [0.5, 0.6) is 23.0 Å². The Kier molecular flexibility index (Phi) is 30.5. The molecule has 8 aromatic rings. The van der Waals surface area contributed by atoms with Crippen LogP contribution in [0.4, 0.5) is 19.2 Å². The SMILES string of the molecule is CC(C)(C)OC(=O)NCCNC(=O)c1ccc(COc2c3cccc2Sc2cccc(c2OCc2ccc(C(=O)NCCNC(=O)OC(C)(C)C)cc2)Sc2cccc(c2OCc2ccc(C(=O)NCCNC(=O)OC(C)(C)C)cc2)Sc2cccc(c2OCc2ccc(C(=O)NCCNC(=O)OC(C)(C)C)cc2)S3)cc1. The van der Waals surface area contributed by atoms with Crippen molar-refractivity contribution in [1.29, 1.82) is 0 Å². The summed E-state index contributed by atoms with van der Waals surface area (Å²) in [5, 5.41) is 22.0. The van der Waals surface area contributed by atoms with Crippen molar-refractivity contribution in [3.05, 3.63) is 214 Å². The lowest BCUT2D eigenvalue weighted by atomic mass is 10.1. The average molecular weight is 1600 g/mol. The Morgan fingerprint density at radius 3 is 0.562 bits per heavy atom. The van der Waals surface area contributed by atoms with Crippen LogP contribution in [0.1, 0.15) is 147 Å². The number of carbonyl (C=O) groups excluding carboxylic acids is 8. The molecule has 8 N–H and O–H groups in total. The van der Waals surface area contributed by atoms with E-state index in [0.717, 1.165) is 61.4 Å². The number of nitrogens with one attached hydrogen (secondary N) is 8. The van der Waals surface area contributed by atoms with E-state index in [2.05, 4.69) is 42.5 Å². The lowest BCUT2D eigenvalue weighted by molar-refractivity contribution is 0.0516. The quantitative estimate of drug-likeness (QED) is 0.0167. The van der Waals surface area contributed by atoms with Crippen LogP contribution in [-0.4, -0.2) is 123 Å². The highest BCUT2D eigenvalue weighted by atomic mass is 32.2. The standard InChI is InChI=1S/C84H96N8O16S4/c1-81(2,3)105-77(97)89-45-41-85-73(93)57-33-25-53(26-34-57)49-101-69-61-17-13-18-62(69)110-64-20-15-22-66(71(64)103-51-55-29-37-59(38-30-55)75(95)87-43-47-91-79(99)107-83(7,8)9)112-68-24-16-23-67(72(68)104-52-56-31-39-60(40-32-56)76(96)88-44-48-92-80(100)108-84(10,11)12)111-65-21-14-19-63(109-61)70(65)102-50-54-27-35-58(36-28-54)74(94)86-42-46-90-78(98)106-82(4,5)6/h13-40H,41-52H2,1-12H3,(H,85,93)(H,86,94)(H,87,95)(H,88,96)(H,89,97)(H,90,98)(H,91,99)(H,92,100). The molecule has 0 atom stereocenters. The van der Waals surface area contributed by atoms with Gasteiger partial charge in [-0.1, -0.05) is 120 Å². The molecule has 1 aliphatic heterocycles. The Bertz CT molecular complexity index is 3940. The molecular weight excluding hydrogens is 1510 g/mol. The van der Waals surface area contributed by atoms with Crippen LogP contribution in [0.2, 0.25) is 0 Å². The third-order valence-electron chi connectivity index (χ3n) is 15.4. The Balaban J connectivity index is 1.04. The molecule has 8 amide bonds. The largest absolute Gasteiger partial charge is 0.487 e. The summed E-state index contributed by atoms with van der Waals surface area (Å²) in [7, 11) is 0. The number of amides is 8. The smallest absolute Gasteiger partial charge is 0.407 e. The van der Waals surface area contributed by atoms with Gasteiger partial charge in [0.2, 0.25) is 0 Å². The fraction of sp³-hybridized carbons (Fsp3) is 0.333. The van der Waals surface area contributed by atoms with E-state index in [4.69, 9.17) is 37.9 Å². The summed E-state index contributed by atoms with van der Waals surface area (Å²) in [5.74, 6) is 0.872. The van der Waals surface area contributed by atoms with Crippen molar-refractivity contribution in [3.63, 3.8) is 0 Å². The monoisotopic (exact) mass is 1600 g/mol. The Labute approximate surface area is 670 Å². The number of benzene rings is 8. The van der Waals surface area contributed by atoms with Crippen LogP contribution >= 0.6 is 47.0 Å². The first kappa shape index (κ1) is 85.3. The van der Waals surface area contributed by atoms with Crippen LogP contribution < -0.4 is 61.5 Å². The summed E-state index contributed by atoms with van der Waals surface area (Å²) >= 11 is 5.77. The normalized spacial score (nSPS) is 12.0. The van der Waals surface area contributed by atoms with Gasteiger partial charge in [0, 0.05) is 74.6 Å². The predicted molar refractivity (Wildman–Crippen MR) is 432 cm³/mol. The summed E-state index contributed by atoms with van der Waals surface area (Å²) < 4.78 is 49.3. The molecule has 9 rings (SSSR count). The van der Waals surface area contributed by atoms with Crippen molar-refractivity contribution in [2.75, 3.05) is 52.4 Å². The summed E-state index contributed by atoms with van der Waals surface area (Å²) in [6.07, 6.45) is -2.33. The fourth-order valence-corrected chi connectivity index (χ4v) is 14.8. The van der Waals surface area contributed by atoms with E-state index >= 15 is 0 Å². The minimum atomic E-state index is -0.669. The number of para-hydroxylation sites is 4. The molecule has 0 saturated carbocycles. The number of hydrogen-bond donors (Lipinski definition) is 8. The molecule has 24 nitrogen and oxygen atoms in total. The van der Waals surface area contributed by atoms with Gasteiger partial charge in [0.25, 0.3) is 23.6 Å². The van der Waals surface area contributed by atoms with Gasteiger partial charge in [0.15, 0.2) is 0 Å². The maximum absolute atomic E-state index is 13.4. The van der Waals surface area contributed by atoms with Crippen LogP contribution in [0, 0.1) is 0 Å². The third kappa shape index (κ3) is 28.0. The highest BCUT2D eigenvalue weighted by molar-refractivity contribution is 8.01. The molecule has 28 heteroatoms. The lowest BCUT2D eigenvalue weighted by Crippen LogP contribution is -2.37. The zero-order valence-electron chi connectivity index (χ0n) is 64.8. The number of fused-ring (bicyclic) bond motifs is 8. The zero-order valence-corrected chi connectivity index (χ0v) is 68.1. The molecular formula is C84H96N8O16S4. The molecule has 8 bridgehead atoms. The molecule has 592 valence electrons. The fourth-order valence-electron chi connectivity index (χ4n) is 10.3. The molecule has 0 aromatic heterocycles. The van der Waals surface area contributed by atoms with Crippen LogP contribution in [0.25, 0.3) is 0 Å². The van der Waals surface area contributed by atoms with Gasteiger partial charge in [-0.05, 0) is 202 Å². The van der Waals surface area contributed by atoms with Crippen molar-refractivity contribution in [2.24, 2.45) is 0 Å². The third-order valence-corrected chi connectivity index (χ3v) is 19.7. The molecule has 1 heterocycles. The van der Waals surface area contributed by atoms with Crippen LogP contribution in [0.15, 0.2) is 209 Å². The molecule has 0 fully saturated rings. The van der Waals surface area contributed by atoms with Gasteiger partial charge in [0.1, 0.15) is 71.8 Å². The Hall–Kier alpha value is -10.7. The van der Waals surface area contributed by atoms with Gasteiger partial charge >= 0.3 is 24.4 Å². The molecule has 0 saturated heterocycles. The maximum Gasteiger partial charge on any atom is 0.407 e. The van der Waals surface area contributed by atoms with E-state index in [9.17, 15) is 38.4 Å². The first-order valence-corrected chi connectivity index (χ1v) is 39.6. The van der Waals surface area contributed by atoms with E-state index in [-0.39, 0.29) is 102 Å². The van der Waals surface area contributed by atoms with E-state index in [1.54, 1.807) is 132 Å². The Morgan fingerprint density at radius 1 is 0.241 bits per heavy atom. The first-order chi connectivity index (χ1) is 53.3. The second-order valence-corrected chi connectivity index (χ2v) is 33.8. The van der Waals surface area contributed by atoms with Crippen molar-refractivity contribution >= 4 is 95.0 Å². The molecule has 8 aromatic carbocycles. The van der Waals surface area contributed by atoms with Crippen LogP contribution in [0.3, 0.4) is 0 Å². The van der Waals surface area contributed by atoms with E-state index < -0.39 is 46.8 Å². The molecule has 0 spiro atoms. The van der Waals surface area contributed by atoms with Gasteiger partial charge < -0.3 is 80.4 Å². The van der Waals surface area contributed by atoms with Gasteiger partial charge in [-0.25, -0.2) is 19.2 Å². The number of hydrogen-bond acceptors (Lipinski definition) is 20. The molecule has 112 heavy (non-hydrogen) atoms. The summed E-state index contributed by atoms with van der Waals surface area (Å²) in [4.78, 5) is 108. The van der Waals surface area contributed by atoms with E-state index in [1.807, 2.05) is 121 Å². The molecule has 1 aliphatic rings. The summed E-state index contributed by atoms with van der Waals surface area (Å²) in [6.45, 7) is 23.0. The topological polar surface area (TPSA) is 307 Å². The van der Waals surface area contributed by atoms with Crippen molar-refractivity contribution in [3.8, 4) is 23.0 Å². The van der Waals surface area contributed by atoms with Gasteiger partial charge in [-0.3, -0.25) is 19.2 Å². The lowest BCUT2D eigenvalue weighted by Gasteiger charge is -2.22. The summed E-state index contributed by atoms with van der Waals surface area (Å²) in [6, 6.07) is 52.1. The maximum atomic E-state index is 13.4. The van der Waals surface area contributed by atoms with Gasteiger partial charge in [-0.15, -0.1) is 0 Å². The van der Waals surface area contributed by atoms with E-state index in [0.29, 0.717) is 45.3 Å². The Morgan fingerprint density at radius 2 is 0.402 bits per heavy atom. The second-order valence-electron chi connectivity index (χ2n) is 29.4. The minimum Gasteiger partial charge on any atom is -0.487 e. The minimum absolute atomic E-state index is 0.0901. The van der Waals surface area contributed by atoms with E-state index in [1.165, 1.54) is 47.0 Å². The summed E-state index contributed by atoms with van der Waals surface area (Å²) in [5.41, 5.74) is 2.03. The van der Waals surface area contributed by atoms with Crippen molar-refractivity contribution in [1.82, 2.24) is 42.5 Å². The predicted octanol–water partition coefficient (Wildman–Crippen LogP) is 15.9.